The predicted octanol–water partition coefficient (Wildman–Crippen LogP) is 5.72. The summed E-state index contributed by atoms with van der Waals surface area (Å²) in [5.74, 6) is 0. The van der Waals surface area contributed by atoms with Crippen LogP contribution < -0.4 is 0 Å². The van der Waals surface area contributed by atoms with Gasteiger partial charge in [-0.25, -0.2) is 0 Å². The van der Waals surface area contributed by atoms with E-state index < -0.39 is 5.60 Å². The number of hydrogen-bond acceptors (Lipinski definition) is 2. The first-order valence-corrected chi connectivity index (χ1v) is 9.08. The lowest BCUT2D eigenvalue weighted by Crippen LogP contribution is -2.38. The van der Waals surface area contributed by atoms with Gasteiger partial charge in [-0.3, -0.25) is 0 Å². The van der Waals surface area contributed by atoms with Gasteiger partial charge >= 0.3 is 0 Å². The predicted molar refractivity (Wildman–Crippen MR) is 92.7 cm³/mol. The van der Waals surface area contributed by atoms with Gasteiger partial charge in [-0.15, -0.1) is 0 Å². The summed E-state index contributed by atoms with van der Waals surface area (Å²) in [6, 6.07) is 0. The fraction of sp³-hybridized carbons (Fsp3) is 1.00. The summed E-state index contributed by atoms with van der Waals surface area (Å²) in [7, 11) is 0. The SMILES string of the molecule is CCCC(CC)(CC)CC(C)(CC)OCCC(C)(O)CC. The molecule has 128 valence electrons. The number of ether oxygens (including phenoxy) is 1. The quantitative estimate of drug-likeness (QED) is 0.499. The molecule has 2 nitrogen and oxygen atoms in total. The molecule has 0 aromatic carbocycles. The molecule has 0 amide bonds. The van der Waals surface area contributed by atoms with Gasteiger partial charge in [0.05, 0.1) is 17.8 Å². The molecule has 0 saturated carbocycles. The van der Waals surface area contributed by atoms with E-state index in [2.05, 4.69) is 34.6 Å². The standard InChI is InChI=1S/C19H40O2/c1-8-13-19(11-4,12-5)16-18(7,10-3)21-15-14-17(6,20)9-2/h20H,8-16H2,1-7H3. The van der Waals surface area contributed by atoms with Crippen LogP contribution in [0, 0.1) is 5.41 Å². The third-order valence-electron chi connectivity index (χ3n) is 5.63. The van der Waals surface area contributed by atoms with Crippen LogP contribution in [0.4, 0.5) is 0 Å². The summed E-state index contributed by atoms with van der Waals surface area (Å²) in [6.07, 6.45) is 8.64. The Balaban J connectivity index is 4.70. The largest absolute Gasteiger partial charge is 0.390 e. The van der Waals surface area contributed by atoms with Gasteiger partial charge < -0.3 is 9.84 Å². The van der Waals surface area contributed by atoms with E-state index >= 15 is 0 Å². The van der Waals surface area contributed by atoms with Crippen molar-refractivity contribution >= 4 is 0 Å². The number of aliphatic hydroxyl groups is 1. The van der Waals surface area contributed by atoms with Crippen molar-refractivity contribution in [3.05, 3.63) is 0 Å². The minimum Gasteiger partial charge on any atom is -0.390 e. The van der Waals surface area contributed by atoms with Gasteiger partial charge in [0.2, 0.25) is 0 Å². The van der Waals surface area contributed by atoms with E-state index in [1.807, 2.05) is 13.8 Å². The molecule has 0 aliphatic heterocycles. The maximum atomic E-state index is 10.1. The lowest BCUT2D eigenvalue weighted by molar-refractivity contribution is -0.0887. The average molecular weight is 301 g/mol. The van der Waals surface area contributed by atoms with Crippen LogP contribution in [0.1, 0.15) is 99.8 Å². The molecule has 21 heavy (non-hydrogen) atoms. The van der Waals surface area contributed by atoms with E-state index in [0.29, 0.717) is 12.0 Å². The van der Waals surface area contributed by atoms with Crippen molar-refractivity contribution in [1.29, 1.82) is 0 Å². The second-order valence-corrected chi connectivity index (χ2v) is 7.39. The van der Waals surface area contributed by atoms with Crippen molar-refractivity contribution in [1.82, 2.24) is 0 Å². The molecule has 0 fully saturated rings. The zero-order valence-electron chi connectivity index (χ0n) is 15.7. The van der Waals surface area contributed by atoms with Gasteiger partial charge in [0.1, 0.15) is 0 Å². The van der Waals surface area contributed by atoms with Crippen LogP contribution in [0.15, 0.2) is 0 Å². The first kappa shape index (κ1) is 20.9. The molecule has 2 unspecified atom stereocenters. The Hall–Kier alpha value is -0.0800. The average Bonchev–Trinajstić information content (AvgIpc) is 2.46. The fourth-order valence-corrected chi connectivity index (χ4v) is 3.24. The number of rotatable bonds is 12. The van der Waals surface area contributed by atoms with Crippen LogP contribution >= 0.6 is 0 Å². The third kappa shape index (κ3) is 7.15. The van der Waals surface area contributed by atoms with E-state index in [4.69, 9.17) is 4.74 Å². The monoisotopic (exact) mass is 300 g/mol. The lowest BCUT2D eigenvalue weighted by atomic mass is 9.70. The van der Waals surface area contributed by atoms with Crippen molar-refractivity contribution in [2.24, 2.45) is 5.41 Å². The Morgan fingerprint density at radius 3 is 1.76 bits per heavy atom. The summed E-state index contributed by atoms with van der Waals surface area (Å²) in [5.41, 5.74) is -0.248. The van der Waals surface area contributed by atoms with E-state index in [1.165, 1.54) is 25.7 Å². The zero-order valence-corrected chi connectivity index (χ0v) is 15.7. The van der Waals surface area contributed by atoms with Gasteiger partial charge in [-0.1, -0.05) is 53.9 Å². The third-order valence-corrected chi connectivity index (χ3v) is 5.63. The molecular formula is C19H40O2. The van der Waals surface area contributed by atoms with Crippen LogP contribution in [0.3, 0.4) is 0 Å². The molecule has 0 radical (unpaired) electrons. The van der Waals surface area contributed by atoms with Crippen LogP contribution in [0.2, 0.25) is 0 Å². The van der Waals surface area contributed by atoms with E-state index in [9.17, 15) is 5.11 Å². The first-order valence-electron chi connectivity index (χ1n) is 9.08. The van der Waals surface area contributed by atoms with Crippen molar-refractivity contribution in [3.63, 3.8) is 0 Å². The van der Waals surface area contributed by atoms with Crippen LogP contribution in [-0.2, 0) is 4.74 Å². The first-order chi connectivity index (χ1) is 9.72. The highest BCUT2D eigenvalue weighted by Crippen LogP contribution is 2.42. The van der Waals surface area contributed by atoms with E-state index in [0.717, 1.165) is 25.7 Å². The molecule has 0 bridgehead atoms. The molecule has 0 aliphatic rings. The van der Waals surface area contributed by atoms with Gasteiger partial charge in [0.25, 0.3) is 0 Å². The summed E-state index contributed by atoms with van der Waals surface area (Å²) in [5, 5.41) is 10.1. The second-order valence-electron chi connectivity index (χ2n) is 7.39. The lowest BCUT2D eigenvalue weighted by Gasteiger charge is -2.41. The smallest absolute Gasteiger partial charge is 0.0657 e. The Bertz CT molecular complexity index is 269. The molecule has 0 heterocycles. The number of hydrogen-bond donors (Lipinski definition) is 1. The molecular weight excluding hydrogens is 260 g/mol. The summed E-state index contributed by atoms with van der Waals surface area (Å²) in [6.45, 7) is 16.0. The normalized spacial score (nSPS) is 18.3. The van der Waals surface area contributed by atoms with Gasteiger partial charge in [0.15, 0.2) is 0 Å². The van der Waals surface area contributed by atoms with Crippen LogP contribution in [-0.4, -0.2) is 22.9 Å². The van der Waals surface area contributed by atoms with Gasteiger partial charge in [0, 0.05) is 0 Å². The molecule has 0 saturated heterocycles. The Morgan fingerprint density at radius 2 is 1.38 bits per heavy atom. The molecule has 0 aliphatic carbocycles. The molecule has 1 N–H and O–H groups in total. The minimum atomic E-state index is -0.593. The Morgan fingerprint density at radius 1 is 0.810 bits per heavy atom. The van der Waals surface area contributed by atoms with Crippen molar-refractivity contribution in [2.75, 3.05) is 6.61 Å². The van der Waals surface area contributed by atoms with Crippen LogP contribution in [0.5, 0.6) is 0 Å². The van der Waals surface area contributed by atoms with Crippen LogP contribution in [0.25, 0.3) is 0 Å². The Labute approximate surface area is 133 Å². The van der Waals surface area contributed by atoms with E-state index in [1.54, 1.807) is 0 Å². The van der Waals surface area contributed by atoms with Crippen molar-refractivity contribution < 1.29 is 9.84 Å². The fourth-order valence-electron chi connectivity index (χ4n) is 3.24. The summed E-state index contributed by atoms with van der Waals surface area (Å²) >= 11 is 0. The topological polar surface area (TPSA) is 29.5 Å². The second kappa shape index (κ2) is 9.15. The van der Waals surface area contributed by atoms with E-state index in [-0.39, 0.29) is 5.60 Å². The molecule has 0 rings (SSSR count). The Kier molecular flexibility index (Phi) is 9.11. The maximum Gasteiger partial charge on any atom is 0.0657 e. The minimum absolute atomic E-state index is 0.0645. The molecule has 2 atom stereocenters. The summed E-state index contributed by atoms with van der Waals surface area (Å²) in [4.78, 5) is 0. The molecule has 0 spiro atoms. The van der Waals surface area contributed by atoms with Gasteiger partial charge in [-0.2, -0.15) is 0 Å². The highest BCUT2D eigenvalue weighted by molar-refractivity contribution is 4.87. The van der Waals surface area contributed by atoms with Crippen molar-refractivity contribution in [3.8, 4) is 0 Å². The highest BCUT2D eigenvalue weighted by atomic mass is 16.5. The molecule has 2 heteroatoms. The maximum absolute atomic E-state index is 10.1. The molecule has 0 aromatic rings. The molecule has 0 aromatic heterocycles. The zero-order chi connectivity index (χ0) is 16.6. The van der Waals surface area contributed by atoms with Gasteiger partial charge in [-0.05, 0) is 51.4 Å². The summed E-state index contributed by atoms with van der Waals surface area (Å²) < 4.78 is 6.26. The van der Waals surface area contributed by atoms with Crippen molar-refractivity contribution in [2.45, 2.75) is 111 Å². The highest BCUT2D eigenvalue weighted by Gasteiger charge is 2.35.